The van der Waals surface area contributed by atoms with Crippen LogP contribution in [0.5, 0.6) is 17.2 Å². The molecule has 0 radical (unpaired) electrons. The number of hydrogen-bond donors (Lipinski definition) is 2. The van der Waals surface area contributed by atoms with Gasteiger partial charge in [0.2, 0.25) is 0 Å². The van der Waals surface area contributed by atoms with Crippen molar-refractivity contribution in [1.82, 2.24) is 0 Å². The third-order valence-electron chi connectivity index (χ3n) is 4.28. The predicted molar refractivity (Wildman–Crippen MR) is 94.2 cm³/mol. The van der Waals surface area contributed by atoms with Gasteiger partial charge in [0.1, 0.15) is 11.8 Å². The molecule has 1 aliphatic heterocycles. The molecule has 2 aromatic rings. The lowest BCUT2D eigenvalue weighted by Crippen LogP contribution is -2.87. The zero-order chi connectivity index (χ0) is 17.1. The highest BCUT2D eigenvalue weighted by Gasteiger charge is 2.29. The quantitative estimate of drug-likeness (QED) is 0.873. The van der Waals surface area contributed by atoms with Crippen molar-refractivity contribution in [3.8, 4) is 17.2 Å². The Morgan fingerprint density at radius 1 is 1.08 bits per heavy atom. The molecule has 1 atom stereocenters. The van der Waals surface area contributed by atoms with Crippen LogP contribution in [-0.2, 0) is 6.42 Å². The number of phenols is 1. The Hall–Kier alpha value is -1.91. The van der Waals surface area contributed by atoms with Crippen molar-refractivity contribution in [2.24, 2.45) is 0 Å². The van der Waals surface area contributed by atoms with E-state index in [4.69, 9.17) is 21.1 Å². The van der Waals surface area contributed by atoms with Crippen LogP contribution < -0.4 is 14.8 Å². The van der Waals surface area contributed by atoms with Crippen molar-refractivity contribution in [1.29, 1.82) is 0 Å². The number of ether oxygens (including phenoxy) is 2. The first-order chi connectivity index (χ1) is 11.6. The Kier molecular flexibility index (Phi) is 5.17. The van der Waals surface area contributed by atoms with Gasteiger partial charge in [-0.3, -0.25) is 0 Å². The van der Waals surface area contributed by atoms with Gasteiger partial charge in [-0.2, -0.15) is 0 Å². The molecule has 1 aliphatic rings. The predicted octanol–water partition coefficient (Wildman–Crippen LogP) is 3.05. The number of benzene rings is 2. The molecule has 0 saturated heterocycles. The molecule has 4 nitrogen and oxygen atoms in total. The van der Waals surface area contributed by atoms with E-state index in [-0.39, 0.29) is 11.8 Å². The molecule has 0 saturated carbocycles. The number of quaternary nitrogens is 1. The molecule has 0 spiro atoms. The minimum atomic E-state index is 0.00216. The van der Waals surface area contributed by atoms with Gasteiger partial charge in [0, 0.05) is 17.0 Å². The first kappa shape index (κ1) is 16.9. The van der Waals surface area contributed by atoms with Crippen LogP contribution in [0.3, 0.4) is 0 Å². The first-order valence-corrected chi connectivity index (χ1v) is 8.76. The van der Waals surface area contributed by atoms with Crippen LogP contribution >= 0.6 is 11.6 Å². The first-order valence-electron chi connectivity index (χ1n) is 8.38. The maximum absolute atomic E-state index is 10.3. The van der Waals surface area contributed by atoms with Crippen LogP contribution in [0.4, 0.5) is 0 Å². The normalized spacial score (nSPS) is 16.5. The number of halogens is 1. The summed E-state index contributed by atoms with van der Waals surface area (Å²) in [6.07, 6.45) is 0.958. The summed E-state index contributed by atoms with van der Waals surface area (Å²) in [4.78, 5) is 0. The van der Waals surface area contributed by atoms with Crippen LogP contribution in [0.1, 0.15) is 36.6 Å². The summed E-state index contributed by atoms with van der Waals surface area (Å²) >= 11 is 6.14. The molecule has 3 rings (SSSR count). The second-order valence-corrected chi connectivity index (χ2v) is 6.26. The van der Waals surface area contributed by atoms with E-state index in [1.807, 2.05) is 26.0 Å². The molecule has 0 aliphatic carbocycles. The lowest BCUT2D eigenvalue weighted by Gasteiger charge is -2.26. The third kappa shape index (κ3) is 3.30. The van der Waals surface area contributed by atoms with Gasteiger partial charge in [0.15, 0.2) is 11.5 Å². The van der Waals surface area contributed by atoms with Gasteiger partial charge >= 0.3 is 0 Å². The van der Waals surface area contributed by atoms with E-state index in [0.717, 1.165) is 35.6 Å². The van der Waals surface area contributed by atoms with Crippen LogP contribution in [0.15, 0.2) is 30.3 Å². The van der Waals surface area contributed by atoms with Gasteiger partial charge in [-0.15, -0.1) is 0 Å². The van der Waals surface area contributed by atoms with Crippen molar-refractivity contribution in [2.75, 3.05) is 19.8 Å². The molecule has 24 heavy (non-hydrogen) atoms. The van der Waals surface area contributed by atoms with Crippen molar-refractivity contribution < 1.29 is 19.9 Å². The summed E-state index contributed by atoms with van der Waals surface area (Å²) in [6.45, 7) is 6.06. The van der Waals surface area contributed by atoms with Crippen LogP contribution in [0, 0.1) is 0 Å². The Labute approximate surface area is 147 Å². The van der Waals surface area contributed by atoms with E-state index in [9.17, 15) is 5.11 Å². The standard InChI is InChI=1S/C19H22ClNO3/c1-3-23-17-9-12-7-8-21-19(14(12)11-18(17)24-4-2)15-10-13(20)5-6-16(15)22/h5-6,9-11,19,21-22H,3-4,7-8H2,1-2H3/p+1/t19-/m0/s1. The van der Waals surface area contributed by atoms with E-state index >= 15 is 0 Å². The summed E-state index contributed by atoms with van der Waals surface area (Å²) in [5.41, 5.74) is 3.20. The topological polar surface area (TPSA) is 55.3 Å². The molecule has 2 aromatic carbocycles. The van der Waals surface area contributed by atoms with Gasteiger partial charge in [-0.05, 0) is 49.7 Å². The number of fused-ring (bicyclic) bond motifs is 1. The third-order valence-corrected chi connectivity index (χ3v) is 4.52. The molecule has 0 fully saturated rings. The lowest BCUT2D eigenvalue weighted by molar-refractivity contribution is -0.690. The van der Waals surface area contributed by atoms with Gasteiger partial charge in [-0.1, -0.05) is 11.6 Å². The second-order valence-electron chi connectivity index (χ2n) is 5.82. The van der Waals surface area contributed by atoms with Gasteiger partial charge < -0.3 is 19.9 Å². The Bertz CT molecular complexity index is 733. The molecule has 0 amide bonds. The van der Waals surface area contributed by atoms with E-state index in [2.05, 4.69) is 11.4 Å². The maximum atomic E-state index is 10.3. The van der Waals surface area contributed by atoms with Crippen LogP contribution in [0.25, 0.3) is 0 Å². The van der Waals surface area contributed by atoms with Crippen molar-refractivity contribution >= 4 is 11.6 Å². The summed E-state index contributed by atoms with van der Waals surface area (Å²) in [5.74, 6) is 1.80. The van der Waals surface area contributed by atoms with Crippen molar-refractivity contribution in [2.45, 2.75) is 26.3 Å². The molecular weight excluding hydrogens is 326 g/mol. The minimum absolute atomic E-state index is 0.00216. The highest BCUT2D eigenvalue weighted by Crippen LogP contribution is 2.38. The largest absolute Gasteiger partial charge is 0.507 e. The fraction of sp³-hybridized carbons (Fsp3) is 0.368. The van der Waals surface area contributed by atoms with E-state index in [1.54, 1.807) is 12.1 Å². The van der Waals surface area contributed by atoms with Crippen molar-refractivity contribution in [3.63, 3.8) is 0 Å². The minimum Gasteiger partial charge on any atom is -0.507 e. The van der Waals surface area contributed by atoms with Crippen LogP contribution in [0.2, 0.25) is 5.02 Å². The van der Waals surface area contributed by atoms with Crippen LogP contribution in [-0.4, -0.2) is 24.9 Å². The number of nitrogens with two attached hydrogens (primary N) is 1. The second kappa shape index (κ2) is 7.32. The average molecular weight is 349 g/mol. The smallest absolute Gasteiger partial charge is 0.161 e. The molecule has 5 heteroatoms. The summed E-state index contributed by atoms with van der Waals surface area (Å²) in [6, 6.07) is 9.31. The van der Waals surface area contributed by atoms with E-state index in [1.165, 1.54) is 5.56 Å². The molecule has 0 unspecified atom stereocenters. The fourth-order valence-corrected chi connectivity index (χ4v) is 3.44. The molecule has 128 valence electrons. The number of aromatic hydroxyl groups is 1. The van der Waals surface area contributed by atoms with E-state index in [0.29, 0.717) is 18.2 Å². The number of rotatable bonds is 5. The maximum Gasteiger partial charge on any atom is 0.161 e. The highest BCUT2D eigenvalue weighted by atomic mass is 35.5. The highest BCUT2D eigenvalue weighted by molar-refractivity contribution is 6.30. The summed E-state index contributed by atoms with van der Waals surface area (Å²) in [5, 5.41) is 13.1. The summed E-state index contributed by atoms with van der Waals surface area (Å²) in [7, 11) is 0. The Morgan fingerprint density at radius 3 is 2.50 bits per heavy atom. The summed E-state index contributed by atoms with van der Waals surface area (Å²) < 4.78 is 11.5. The Balaban J connectivity index is 2.09. The van der Waals surface area contributed by atoms with Gasteiger partial charge in [0.25, 0.3) is 0 Å². The number of hydrogen-bond acceptors (Lipinski definition) is 3. The fourth-order valence-electron chi connectivity index (χ4n) is 3.26. The van der Waals surface area contributed by atoms with Crippen molar-refractivity contribution in [3.05, 3.63) is 52.0 Å². The Morgan fingerprint density at radius 2 is 1.79 bits per heavy atom. The SMILES string of the molecule is CCOc1cc2c(cc1OCC)[C@@H](c1cc(Cl)ccc1O)[NH2+]CC2. The zero-order valence-electron chi connectivity index (χ0n) is 14.0. The molecule has 3 N–H and O–H groups in total. The van der Waals surface area contributed by atoms with Gasteiger partial charge in [-0.25, -0.2) is 0 Å². The monoisotopic (exact) mass is 348 g/mol. The van der Waals surface area contributed by atoms with Gasteiger partial charge in [0.05, 0.1) is 25.3 Å². The van der Waals surface area contributed by atoms with E-state index < -0.39 is 0 Å². The lowest BCUT2D eigenvalue weighted by atomic mass is 9.89. The molecular formula is C19H23ClNO3+. The zero-order valence-corrected chi connectivity index (χ0v) is 14.8. The average Bonchev–Trinajstić information content (AvgIpc) is 2.57. The number of phenolic OH excluding ortho intramolecular Hbond substituents is 1. The molecule has 0 aromatic heterocycles. The molecule has 0 bridgehead atoms. The molecule has 1 heterocycles.